The summed E-state index contributed by atoms with van der Waals surface area (Å²) in [6.45, 7) is 5.29. The van der Waals surface area contributed by atoms with Crippen LogP contribution < -0.4 is 5.32 Å². The van der Waals surface area contributed by atoms with Gasteiger partial charge in [-0.3, -0.25) is 4.90 Å². The number of rotatable bonds is 2. The fraction of sp³-hybridized carbons (Fsp3) is 0.533. The number of hydrogen-bond acceptors (Lipinski definition) is 4. The van der Waals surface area contributed by atoms with E-state index in [-0.39, 0.29) is 13.0 Å². The van der Waals surface area contributed by atoms with Crippen molar-refractivity contribution in [3.63, 3.8) is 0 Å². The van der Waals surface area contributed by atoms with Crippen LogP contribution in [0, 0.1) is 0 Å². The maximum absolute atomic E-state index is 13.8. The van der Waals surface area contributed by atoms with Gasteiger partial charge in [-0.15, -0.1) is 0 Å². The number of amides is 1. The fourth-order valence-corrected chi connectivity index (χ4v) is 2.91. The standard InChI is InChI=1S/C15H19BrFN3O2S/c1-15(2,3)22-14(21)20-8-9(17)7-10(20)13(23)19-12-6-4-5-11(16)18-12/h4-6,9-10H,7-8H2,1-3H3,(H,18,19,23)/t9-,10+/m1/s1. The zero-order valence-electron chi connectivity index (χ0n) is 13.2. The monoisotopic (exact) mass is 403 g/mol. The molecule has 23 heavy (non-hydrogen) atoms. The number of carbonyl (C=O) groups excluding carboxylic acids is 1. The molecule has 1 N–H and O–H groups in total. The second-order valence-corrected chi connectivity index (χ2v) is 7.57. The van der Waals surface area contributed by atoms with Crippen molar-refractivity contribution in [2.24, 2.45) is 0 Å². The highest BCUT2D eigenvalue weighted by Gasteiger charge is 2.40. The lowest BCUT2D eigenvalue weighted by Gasteiger charge is -2.28. The van der Waals surface area contributed by atoms with Gasteiger partial charge < -0.3 is 10.1 Å². The molecular weight excluding hydrogens is 385 g/mol. The molecule has 0 spiro atoms. The van der Waals surface area contributed by atoms with Gasteiger partial charge in [-0.05, 0) is 48.8 Å². The number of nitrogens with zero attached hydrogens (tertiary/aromatic N) is 2. The molecule has 2 rings (SSSR count). The van der Waals surface area contributed by atoms with E-state index in [1.807, 2.05) is 0 Å². The maximum Gasteiger partial charge on any atom is 0.410 e. The number of alkyl halides is 1. The van der Waals surface area contributed by atoms with Crippen LogP contribution in [0.2, 0.25) is 0 Å². The highest BCUT2D eigenvalue weighted by Crippen LogP contribution is 2.25. The molecule has 2 heterocycles. The zero-order chi connectivity index (χ0) is 17.2. The molecule has 5 nitrogen and oxygen atoms in total. The average molecular weight is 404 g/mol. The SMILES string of the molecule is CC(C)(C)OC(=O)N1C[C@H](F)C[C@H]1C(=S)Nc1cccc(Br)n1. The summed E-state index contributed by atoms with van der Waals surface area (Å²) in [5.41, 5.74) is -0.642. The quantitative estimate of drug-likeness (QED) is 0.598. The van der Waals surface area contributed by atoms with Gasteiger partial charge in [-0.25, -0.2) is 14.2 Å². The predicted molar refractivity (Wildman–Crippen MR) is 94.4 cm³/mol. The van der Waals surface area contributed by atoms with E-state index in [2.05, 4.69) is 26.2 Å². The third kappa shape index (κ3) is 5.10. The van der Waals surface area contributed by atoms with Gasteiger partial charge >= 0.3 is 6.09 Å². The Morgan fingerprint density at radius 1 is 1.52 bits per heavy atom. The summed E-state index contributed by atoms with van der Waals surface area (Å²) in [5.74, 6) is 0.538. The summed E-state index contributed by atoms with van der Waals surface area (Å²) in [6, 6.07) is 4.79. The smallest absolute Gasteiger partial charge is 0.410 e. The molecule has 1 aliphatic rings. The van der Waals surface area contributed by atoms with E-state index in [0.29, 0.717) is 15.4 Å². The summed E-state index contributed by atoms with van der Waals surface area (Å²) in [4.78, 5) is 18.2. The Morgan fingerprint density at radius 2 is 2.22 bits per heavy atom. The van der Waals surface area contributed by atoms with Crippen molar-refractivity contribution < 1.29 is 13.9 Å². The molecule has 1 aromatic heterocycles. The lowest BCUT2D eigenvalue weighted by molar-refractivity contribution is 0.0257. The van der Waals surface area contributed by atoms with E-state index >= 15 is 0 Å². The van der Waals surface area contributed by atoms with Gasteiger partial charge in [-0.2, -0.15) is 0 Å². The Labute approximate surface area is 148 Å². The molecule has 1 amide bonds. The van der Waals surface area contributed by atoms with Crippen molar-refractivity contribution in [2.75, 3.05) is 11.9 Å². The Morgan fingerprint density at radius 3 is 2.83 bits per heavy atom. The summed E-state index contributed by atoms with van der Waals surface area (Å²) in [5, 5.41) is 2.97. The largest absolute Gasteiger partial charge is 0.444 e. The molecule has 0 saturated carbocycles. The Kier molecular flexibility index (Phi) is 5.57. The van der Waals surface area contributed by atoms with E-state index < -0.39 is 23.9 Å². The summed E-state index contributed by atoms with van der Waals surface area (Å²) < 4.78 is 19.8. The Hall–Kier alpha value is -1.28. The van der Waals surface area contributed by atoms with Crippen LogP contribution in [-0.2, 0) is 4.74 Å². The molecule has 0 aliphatic carbocycles. The number of nitrogens with one attached hydrogen (secondary N) is 1. The first kappa shape index (κ1) is 18.1. The highest BCUT2D eigenvalue weighted by molar-refractivity contribution is 9.10. The van der Waals surface area contributed by atoms with Crippen molar-refractivity contribution in [1.82, 2.24) is 9.88 Å². The molecule has 126 valence electrons. The number of likely N-dealkylation sites (tertiary alicyclic amines) is 1. The number of carbonyl (C=O) groups is 1. The third-order valence-electron chi connectivity index (χ3n) is 3.15. The minimum absolute atomic E-state index is 0.0205. The summed E-state index contributed by atoms with van der Waals surface area (Å²) >= 11 is 8.62. The average Bonchev–Trinajstić information content (AvgIpc) is 2.79. The van der Waals surface area contributed by atoms with Gasteiger partial charge in [0.25, 0.3) is 0 Å². The number of aromatic nitrogens is 1. The lowest BCUT2D eigenvalue weighted by Crippen LogP contribution is -2.44. The summed E-state index contributed by atoms with van der Waals surface area (Å²) in [6.07, 6.45) is -1.53. The van der Waals surface area contributed by atoms with Crippen LogP contribution in [0.25, 0.3) is 0 Å². The minimum atomic E-state index is -1.12. The lowest BCUT2D eigenvalue weighted by atomic mass is 10.2. The van der Waals surface area contributed by atoms with Crippen LogP contribution in [0.4, 0.5) is 15.0 Å². The van der Waals surface area contributed by atoms with Gasteiger partial charge in [0.05, 0.1) is 12.6 Å². The van der Waals surface area contributed by atoms with Crippen LogP contribution >= 0.6 is 28.1 Å². The molecule has 0 bridgehead atoms. The van der Waals surface area contributed by atoms with Gasteiger partial charge in [0.2, 0.25) is 0 Å². The van der Waals surface area contributed by atoms with Gasteiger partial charge in [0.15, 0.2) is 0 Å². The molecule has 1 aliphatic heterocycles. The number of ether oxygens (including phenoxy) is 1. The second-order valence-electron chi connectivity index (χ2n) is 6.32. The summed E-state index contributed by atoms with van der Waals surface area (Å²) in [7, 11) is 0. The molecule has 0 unspecified atom stereocenters. The molecular formula is C15H19BrFN3O2S. The fourth-order valence-electron chi connectivity index (χ4n) is 2.24. The first-order valence-electron chi connectivity index (χ1n) is 7.23. The molecule has 1 aromatic rings. The number of pyridine rings is 1. The van der Waals surface area contributed by atoms with Crippen molar-refractivity contribution in [3.05, 3.63) is 22.8 Å². The first-order chi connectivity index (χ1) is 10.7. The minimum Gasteiger partial charge on any atom is -0.444 e. The molecule has 8 heteroatoms. The molecule has 0 aromatic carbocycles. The van der Waals surface area contributed by atoms with Crippen LogP contribution in [-0.4, -0.2) is 45.3 Å². The number of hydrogen-bond donors (Lipinski definition) is 1. The number of anilines is 1. The van der Waals surface area contributed by atoms with Crippen LogP contribution in [0.5, 0.6) is 0 Å². The van der Waals surface area contributed by atoms with Crippen LogP contribution in [0.3, 0.4) is 0 Å². The molecule has 1 saturated heterocycles. The van der Waals surface area contributed by atoms with E-state index in [9.17, 15) is 9.18 Å². The van der Waals surface area contributed by atoms with Crippen molar-refractivity contribution in [2.45, 2.75) is 45.0 Å². The second kappa shape index (κ2) is 7.09. The Balaban J connectivity index is 2.09. The maximum atomic E-state index is 13.8. The van der Waals surface area contributed by atoms with E-state index in [1.165, 1.54) is 4.90 Å². The van der Waals surface area contributed by atoms with Crippen molar-refractivity contribution in [1.29, 1.82) is 0 Å². The van der Waals surface area contributed by atoms with E-state index in [0.717, 1.165) is 0 Å². The number of thiocarbonyl (C=S) groups is 1. The van der Waals surface area contributed by atoms with Crippen LogP contribution in [0.15, 0.2) is 22.8 Å². The highest BCUT2D eigenvalue weighted by atomic mass is 79.9. The van der Waals surface area contributed by atoms with Gasteiger partial charge in [0, 0.05) is 6.42 Å². The van der Waals surface area contributed by atoms with Crippen LogP contribution in [0.1, 0.15) is 27.2 Å². The Bertz CT molecular complexity index is 609. The van der Waals surface area contributed by atoms with Crippen molar-refractivity contribution >= 4 is 45.0 Å². The van der Waals surface area contributed by atoms with Gasteiger partial charge in [0.1, 0.15) is 27.2 Å². The molecule has 2 atom stereocenters. The third-order valence-corrected chi connectivity index (χ3v) is 3.96. The normalized spacial score (nSPS) is 21.2. The number of halogens is 2. The first-order valence-corrected chi connectivity index (χ1v) is 8.43. The zero-order valence-corrected chi connectivity index (χ0v) is 15.6. The molecule has 0 radical (unpaired) electrons. The van der Waals surface area contributed by atoms with Crippen molar-refractivity contribution in [3.8, 4) is 0 Å². The van der Waals surface area contributed by atoms with E-state index in [4.69, 9.17) is 17.0 Å². The topological polar surface area (TPSA) is 54.5 Å². The van der Waals surface area contributed by atoms with Gasteiger partial charge in [-0.1, -0.05) is 18.3 Å². The predicted octanol–water partition coefficient (Wildman–Crippen LogP) is 3.93. The van der Waals surface area contributed by atoms with E-state index in [1.54, 1.807) is 39.0 Å². The molecule has 1 fully saturated rings.